The third-order valence-corrected chi connectivity index (χ3v) is 2.85. The lowest BCUT2D eigenvalue weighted by Crippen LogP contribution is -2.14. The number of hydrogen-bond donors (Lipinski definition) is 1. The first-order valence-corrected chi connectivity index (χ1v) is 6.47. The van der Waals surface area contributed by atoms with Gasteiger partial charge in [-0.25, -0.2) is 0 Å². The number of anilines is 1. The zero-order valence-electron chi connectivity index (χ0n) is 11.4. The highest BCUT2D eigenvalue weighted by atomic mass is 16.4. The fourth-order valence-corrected chi connectivity index (χ4v) is 1.88. The largest absolute Gasteiger partial charge is 0.421 e. The normalized spacial score (nSPS) is 12.1. The Kier molecular flexibility index (Phi) is 4.34. The second kappa shape index (κ2) is 6.18. The molecule has 0 aliphatic heterocycles. The highest BCUT2D eigenvalue weighted by Crippen LogP contribution is 2.22. The third-order valence-electron chi connectivity index (χ3n) is 2.85. The summed E-state index contributed by atoms with van der Waals surface area (Å²) in [6, 6.07) is 8.41. The van der Waals surface area contributed by atoms with E-state index in [0.717, 1.165) is 24.1 Å². The summed E-state index contributed by atoms with van der Waals surface area (Å²) in [4.78, 5) is 0. The number of nitrogens with zero attached hydrogens (tertiary/aromatic N) is 2. The molecule has 19 heavy (non-hydrogen) atoms. The van der Waals surface area contributed by atoms with Gasteiger partial charge in [0, 0.05) is 24.2 Å². The molecule has 2 aromatic rings. The number of aryl methyl sites for hydroxylation is 1. The maximum absolute atomic E-state index is 5.43. The lowest BCUT2D eigenvalue weighted by atomic mass is 10.1. The van der Waals surface area contributed by atoms with Crippen LogP contribution in [0.2, 0.25) is 0 Å². The maximum Gasteiger partial charge on any atom is 0.247 e. The van der Waals surface area contributed by atoms with Gasteiger partial charge >= 0.3 is 0 Å². The average molecular weight is 257 g/mol. The quantitative estimate of drug-likeness (QED) is 0.799. The van der Waals surface area contributed by atoms with Gasteiger partial charge in [-0.15, -0.1) is 16.8 Å². The molecule has 1 heterocycles. The molecule has 0 saturated carbocycles. The van der Waals surface area contributed by atoms with Crippen molar-refractivity contribution in [3.8, 4) is 11.5 Å². The molecule has 0 amide bonds. The van der Waals surface area contributed by atoms with Crippen molar-refractivity contribution in [2.75, 3.05) is 5.32 Å². The van der Waals surface area contributed by atoms with E-state index < -0.39 is 0 Å². The van der Waals surface area contributed by atoms with E-state index in [1.807, 2.05) is 30.3 Å². The molecule has 0 fully saturated rings. The van der Waals surface area contributed by atoms with Gasteiger partial charge < -0.3 is 9.73 Å². The van der Waals surface area contributed by atoms with Crippen molar-refractivity contribution in [3.05, 3.63) is 42.8 Å². The van der Waals surface area contributed by atoms with E-state index in [1.165, 1.54) is 0 Å². The number of aromatic nitrogens is 2. The van der Waals surface area contributed by atoms with Gasteiger partial charge in [-0.05, 0) is 38.0 Å². The molecule has 0 radical (unpaired) electrons. The van der Waals surface area contributed by atoms with Crippen molar-refractivity contribution < 1.29 is 4.42 Å². The summed E-state index contributed by atoms with van der Waals surface area (Å²) >= 11 is 0. The van der Waals surface area contributed by atoms with Crippen LogP contribution in [0.15, 0.2) is 41.3 Å². The van der Waals surface area contributed by atoms with Crippen LogP contribution in [-0.2, 0) is 0 Å². The predicted octanol–water partition coefficient (Wildman–Crippen LogP) is 3.81. The van der Waals surface area contributed by atoms with Crippen molar-refractivity contribution in [2.45, 2.75) is 32.7 Å². The van der Waals surface area contributed by atoms with Gasteiger partial charge in [0.1, 0.15) is 0 Å². The van der Waals surface area contributed by atoms with E-state index in [-0.39, 0.29) is 0 Å². The van der Waals surface area contributed by atoms with Gasteiger partial charge in [0.15, 0.2) is 0 Å². The number of rotatable bonds is 6. The Labute approximate surface area is 113 Å². The molecule has 1 aromatic carbocycles. The van der Waals surface area contributed by atoms with Gasteiger partial charge in [0.2, 0.25) is 11.8 Å². The summed E-state index contributed by atoms with van der Waals surface area (Å²) in [6.45, 7) is 7.69. The number of hydrogen-bond acceptors (Lipinski definition) is 4. The fraction of sp³-hybridized carbons (Fsp3) is 0.333. The second-order valence-electron chi connectivity index (χ2n) is 4.62. The Morgan fingerprint density at radius 2 is 2.26 bits per heavy atom. The van der Waals surface area contributed by atoms with E-state index in [2.05, 4.69) is 29.0 Å². The average Bonchev–Trinajstić information content (AvgIpc) is 2.83. The standard InChI is InChI=1S/C15H19N3O/c1-4-5-7-11(2)16-14-9-6-8-13(10-14)15-18-17-12(3)19-15/h4,6,8-11,16H,1,5,7H2,2-3H3/t11-/m1/s1. The topological polar surface area (TPSA) is 51.0 Å². The SMILES string of the molecule is C=CCC[C@@H](C)Nc1cccc(-c2nnc(C)o2)c1. The van der Waals surface area contributed by atoms with Crippen molar-refractivity contribution in [1.82, 2.24) is 10.2 Å². The Bertz CT molecular complexity index is 548. The van der Waals surface area contributed by atoms with E-state index in [0.29, 0.717) is 17.8 Å². The molecule has 4 heteroatoms. The molecule has 0 spiro atoms. The molecule has 100 valence electrons. The summed E-state index contributed by atoms with van der Waals surface area (Å²) in [6.07, 6.45) is 4.01. The van der Waals surface area contributed by atoms with Gasteiger partial charge in [-0.3, -0.25) is 0 Å². The zero-order valence-corrected chi connectivity index (χ0v) is 11.4. The van der Waals surface area contributed by atoms with Crippen molar-refractivity contribution in [3.63, 3.8) is 0 Å². The first-order valence-electron chi connectivity index (χ1n) is 6.47. The van der Waals surface area contributed by atoms with E-state index in [9.17, 15) is 0 Å². The summed E-state index contributed by atoms with van der Waals surface area (Å²) in [5.41, 5.74) is 1.99. The van der Waals surface area contributed by atoms with Crippen LogP contribution in [0.4, 0.5) is 5.69 Å². The molecule has 0 bridgehead atoms. The fourth-order valence-electron chi connectivity index (χ4n) is 1.88. The minimum Gasteiger partial charge on any atom is -0.421 e. The highest BCUT2D eigenvalue weighted by Gasteiger charge is 2.07. The Hall–Kier alpha value is -2.10. The second-order valence-corrected chi connectivity index (χ2v) is 4.62. The van der Waals surface area contributed by atoms with Gasteiger partial charge in [-0.2, -0.15) is 0 Å². The molecule has 1 aromatic heterocycles. The lowest BCUT2D eigenvalue weighted by molar-refractivity contribution is 0.533. The Balaban J connectivity index is 2.09. The first-order chi connectivity index (χ1) is 9.19. The summed E-state index contributed by atoms with van der Waals surface area (Å²) in [5, 5.41) is 11.3. The predicted molar refractivity (Wildman–Crippen MR) is 77.0 cm³/mol. The van der Waals surface area contributed by atoms with Crippen LogP contribution in [0.1, 0.15) is 25.7 Å². The Morgan fingerprint density at radius 1 is 1.42 bits per heavy atom. The van der Waals surface area contributed by atoms with Crippen molar-refractivity contribution in [2.24, 2.45) is 0 Å². The molecule has 4 nitrogen and oxygen atoms in total. The van der Waals surface area contributed by atoms with E-state index >= 15 is 0 Å². The highest BCUT2D eigenvalue weighted by molar-refractivity contribution is 5.61. The van der Waals surface area contributed by atoms with Gasteiger partial charge in [0.05, 0.1) is 0 Å². The van der Waals surface area contributed by atoms with Crippen molar-refractivity contribution >= 4 is 5.69 Å². The first kappa shape index (κ1) is 13.3. The molecule has 0 aliphatic rings. The lowest BCUT2D eigenvalue weighted by Gasteiger charge is -2.14. The van der Waals surface area contributed by atoms with Crippen LogP contribution in [-0.4, -0.2) is 16.2 Å². The number of nitrogens with one attached hydrogen (secondary N) is 1. The zero-order chi connectivity index (χ0) is 13.7. The molecule has 0 aliphatic carbocycles. The van der Waals surface area contributed by atoms with Crippen LogP contribution in [0.5, 0.6) is 0 Å². The van der Waals surface area contributed by atoms with E-state index in [4.69, 9.17) is 4.42 Å². The maximum atomic E-state index is 5.43. The number of allylic oxidation sites excluding steroid dienone is 1. The molecule has 0 unspecified atom stereocenters. The molecule has 2 rings (SSSR count). The third kappa shape index (κ3) is 3.68. The summed E-state index contributed by atoms with van der Waals surface area (Å²) < 4.78 is 5.43. The molecular formula is C15H19N3O. The van der Waals surface area contributed by atoms with Gasteiger partial charge in [-0.1, -0.05) is 12.1 Å². The minimum absolute atomic E-state index is 0.401. The van der Waals surface area contributed by atoms with Gasteiger partial charge in [0.25, 0.3) is 0 Å². The van der Waals surface area contributed by atoms with Crippen molar-refractivity contribution in [1.29, 1.82) is 0 Å². The van der Waals surface area contributed by atoms with Crippen LogP contribution >= 0.6 is 0 Å². The summed E-state index contributed by atoms with van der Waals surface area (Å²) in [7, 11) is 0. The monoisotopic (exact) mass is 257 g/mol. The molecule has 0 saturated heterocycles. The van der Waals surface area contributed by atoms with Crippen LogP contribution in [0, 0.1) is 6.92 Å². The molecule has 1 N–H and O–H groups in total. The molecule has 1 atom stereocenters. The number of benzene rings is 1. The van der Waals surface area contributed by atoms with Crippen LogP contribution < -0.4 is 5.32 Å². The summed E-state index contributed by atoms with van der Waals surface area (Å²) in [5.74, 6) is 1.13. The van der Waals surface area contributed by atoms with Crippen LogP contribution in [0.25, 0.3) is 11.5 Å². The Morgan fingerprint density at radius 3 is 2.95 bits per heavy atom. The van der Waals surface area contributed by atoms with E-state index in [1.54, 1.807) is 6.92 Å². The minimum atomic E-state index is 0.401. The van der Waals surface area contributed by atoms with Crippen LogP contribution in [0.3, 0.4) is 0 Å². The smallest absolute Gasteiger partial charge is 0.247 e. The molecular weight excluding hydrogens is 238 g/mol.